The SMILES string of the molecule is CCc1cccc2c1cc(C(C)C)[s+]2C(F)(F)F.Cl. The van der Waals surface area contributed by atoms with E-state index in [9.17, 15) is 13.2 Å². The number of thiophene rings is 1. The summed E-state index contributed by atoms with van der Waals surface area (Å²) in [6.07, 6.45) is 0.764. The first-order valence-electron chi connectivity index (χ1n) is 6.00. The summed E-state index contributed by atoms with van der Waals surface area (Å²) in [6.45, 7) is 5.63. The fraction of sp³-hybridized carbons (Fsp3) is 0.429. The molecule has 0 spiro atoms. The second-order valence-corrected chi connectivity index (χ2v) is 6.62. The normalized spacial score (nSPS) is 12.9. The van der Waals surface area contributed by atoms with Crippen LogP contribution in [0.3, 0.4) is 0 Å². The molecule has 0 saturated heterocycles. The predicted molar refractivity (Wildman–Crippen MR) is 78.4 cm³/mol. The molecule has 19 heavy (non-hydrogen) atoms. The van der Waals surface area contributed by atoms with Crippen LogP contribution in [-0.4, -0.2) is 0 Å². The number of benzene rings is 1. The molecular weight excluding hydrogens is 293 g/mol. The zero-order valence-corrected chi connectivity index (χ0v) is 12.7. The van der Waals surface area contributed by atoms with Crippen molar-refractivity contribution in [1.29, 1.82) is 0 Å². The standard InChI is InChI=1S/C14H16F3S.ClH/c1-4-10-6-5-7-12-11(10)8-13(9(2)3)18(12)14(15,16)17;/h5-9H,4H2,1-3H3;1H/q+1;. The van der Waals surface area contributed by atoms with Crippen molar-refractivity contribution < 1.29 is 13.2 Å². The highest BCUT2D eigenvalue weighted by Gasteiger charge is 2.48. The molecule has 0 bridgehead atoms. The van der Waals surface area contributed by atoms with E-state index >= 15 is 0 Å². The van der Waals surface area contributed by atoms with Gasteiger partial charge in [0.2, 0.25) is 0 Å². The van der Waals surface area contributed by atoms with Gasteiger partial charge in [0.1, 0.15) is 0 Å². The van der Waals surface area contributed by atoms with Crippen LogP contribution in [0.5, 0.6) is 0 Å². The Kier molecular flexibility index (Phi) is 4.91. The van der Waals surface area contributed by atoms with E-state index in [0.29, 0.717) is 9.58 Å². The van der Waals surface area contributed by atoms with E-state index in [2.05, 4.69) is 0 Å². The van der Waals surface area contributed by atoms with Crippen molar-refractivity contribution in [2.45, 2.75) is 38.6 Å². The molecule has 2 aromatic rings. The van der Waals surface area contributed by atoms with Gasteiger partial charge in [0, 0.05) is 17.4 Å². The Morgan fingerprint density at radius 1 is 1.21 bits per heavy atom. The predicted octanol–water partition coefficient (Wildman–Crippen LogP) is 6.17. The van der Waals surface area contributed by atoms with Gasteiger partial charge in [-0.25, -0.2) is 0 Å². The first-order valence-corrected chi connectivity index (χ1v) is 7.23. The van der Waals surface area contributed by atoms with E-state index in [4.69, 9.17) is 0 Å². The molecule has 0 N–H and O–H groups in total. The third kappa shape index (κ3) is 2.90. The molecule has 0 aliphatic carbocycles. The van der Waals surface area contributed by atoms with Gasteiger partial charge in [-0.05, 0) is 18.1 Å². The van der Waals surface area contributed by atoms with Gasteiger partial charge in [-0.15, -0.1) is 25.6 Å². The molecule has 1 atom stereocenters. The van der Waals surface area contributed by atoms with E-state index in [1.807, 2.05) is 26.8 Å². The van der Waals surface area contributed by atoms with Gasteiger partial charge >= 0.3 is 5.51 Å². The van der Waals surface area contributed by atoms with Crippen LogP contribution in [0.25, 0.3) is 10.1 Å². The van der Waals surface area contributed by atoms with Gasteiger partial charge in [-0.1, -0.05) is 32.9 Å². The average molecular weight is 310 g/mol. The topological polar surface area (TPSA) is 0 Å². The van der Waals surface area contributed by atoms with Gasteiger partial charge in [-0.3, -0.25) is 0 Å². The third-order valence-corrected chi connectivity index (χ3v) is 5.40. The highest BCUT2D eigenvalue weighted by molar-refractivity contribution is 7.38. The fourth-order valence-electron chi connectivity index (χ4n) is 2.23. The van der Waals surface area contributed by atoms with E-state index in [0.717, 1.165) is 17.4 Å². The van der Waals surface area contributed by atoms with Gasteiger partial charge < -0.3 is 0 Å². The van der Waals surface area contributed by atoms with Crippen LogP contribution in [0.15, 0.2) is 24.3 Å². The Balaban J connectivity index is 0.00000180. The lowest BCUT2D eigenvalue weighted by molar-refractivity contribution is -0.0868. The van der Waals surface area contributed by atoms with Crippen molar-refractivity contribution in [2.24, 2.45) is 0 Å². The Bertz CT molecular complexity index is 570. The highest BCUT2D eigenvalue weighted by Crippen LogP contribution is 2.53. The fourth-order valence-corrected chi connectivity index (χ4v) is 4.33. The van der Waals surface area contributed by atoms with E-state index < -0.39 is 16.0 Å². The lowest BCUT2D eigenvalue weighted by atomic mass is 10.1. The molecule has 0 nitrogen and oxygen atoms in total. The molecule has 2 rings (SSSR count). The van der Waals surface area contributed by atoms with Crippen LogP contribution in [-0.2, 0) is 11.9 Å². The van der Waals surface area contributed by atoms with Crippen molar-refractivity contribution >= 4 is 33.0 Å². The molecular formula is C14H17ClF3S+. The van der Waals surface area contributed by atoms with Crippen LogP contribution in [0.2, 0.25) is 0 Å². The molecule has 0 amide bonds. The molecule has 106 valence electrons. The van der Waals surface area contributed by atoms with Crippen LogP contribution in [0, 0.1) is 0 Å². The minimum Gasteiger partial charge on any atom is -0.147 e. The zero-order valence-electron chi connectivity index (χ0n) is 11.0. The highest BCUT2D eigenvalue weighted by atomic mass is 35.5. The summed E-state index contributed by atoms with van der Waals surface area (Å²) in [7, 11) is -1.74. The van der Waals surface area contributed by atoms with Gasteiger partial charge in [0.05, 0.1) is 10.5 Å². The summed E-state index contributed by atoms with van der Waals surface area (Å²) < 4.78 is 40.2. The van der Waals surface area contributed by atoms with Crippen molar-refractivity contribution in [3.05, 3.63) is 34.7 Å². The second kappa shape index (κ2) is 5.71. The average Bonchev–Trinajstić information content (AvgIpc) is 2.67. The van der Waals surface area contributed by atoms with E-state index in [1.165, 1.54) is 0 Å². The number of hydrogen-bond donors (Lipinski definition) is 0. The number of aryl methyl sites for hydroxylation is 1. The molecule has 0 aliphatic rings. The van der Waals surface area contributed by atoms with Gasteiger partial charge in [0.15, 0.2) is 9.58 Å². The maximum atomic E-state index is 13.3. The van der Waals surface area contributed by atoms with Crippen molar-refractivity contribution in [2.75, 3.05) is 0 Å². The van der Waals surface area contributed by atoms with Crippen molar-refractivity contribution in [3.8, 4) is 0 Å². The quantitative estimate of drug-likeness (QED) is 0.582. The maximum Gasteiger partial charge on any atom is 0.600 e. The number of fused-ring (bicyclic) bond motifs is 1. The monoisotopic (exact) mass is 309 g/mol. The number of rotatable bonds is 2. The largest absolute Gasteiger partial charge is 0.600 e. The summed E-state index contributed by atoms with van der Waals surface area (Å²) in [5.41, 5.74) is -3.17. The molecule has 0 saturated carbocycles. The number of hydrogen-bond acceptors (Lipinski definition) is 0. The molecule has 1 unspecified atom stereocenters. The first-order chi connectivity index (χ1) is 8.36. The molecule has 0 fully saturated rings. The summed E-state index contributed by atoms with van der Waals surface area (Å²) in [5.74, 6) is -0.0768. The minimum atomic E-state index is -4.17. The van der Waals surface area contributed by atoms with Crippen LogP contribution >= 0.6 is 22.9 Å². The number of alkyl halides is 3. The molecule has 0 aliphatic heterocycles. The summed E-state index contributed by atoms with van der Waals surface area (Å²) >= 11 is 0. The van der Waals surface area contributed by atoms with Crippen LogP contribution in [0.1, 0.15) is 37.1 Å². The first kappa shape index (κ1) is 16.3. The number of halogens is 4. The summed E-state index contributed by atoms with van der Waals surface area (Å²) in [6, 6.07) is 7.03. The van der Waals surface area contributed by atoms with Crippen molar-refractivity contribution in [1.82, 2.24) is 0 Å². The van der Waals surface area contributed by atoms with Crippen LogP contribution < -0.4 is 0 Å². The lowest BCUT2D eigenvalue weighted by Crippen LogP contribution is -1.99. The van der Waals surface area contributed by atoms with Crippen LogP contribution in [0.4, 0.5) is 13.2 Å². The molecule has 1 heterocycles. The summed E-state index contributed by atoms with van der Waals surface area (Å²) in [5, 5.41) is 0.796. The lowest BCUT2D eigenvalue weighted by Gasteiger charge is -2.02. The molecule has 5 heteroatoms. The Labute approximate surface area is 120 Å². The van der Waals surface area contributed by atoms with Gasteiger partial charge in [0.25, 0.3) is 0 Å². The Hall–Kier alpha value is -0.740. The smallest absolute Gasteiger partial charge is 0.147 e. The van der Waals surface area contributed by atoms with E-state index in [1.54, 1.807) is 18.2 Å². The zero-order chi connectivity index (χ0) is 13.5. The summed E-state index contributed by atoms with van der Waals surface area (Å²) in [4.78, 5) is 0.512. The Morgan fingerprint density at radius 3 is 2.32 bits per heavy atom. The second-order valence-electron chi connectivity index (χ2n) is 4.64. The van der Waals surface area contributed by atoms with Gasteiger partial charge in [-0.2, -0.15) is 0 Å². The molecule has 1 aromatic heterocycles. The van der Waals surface area contributed by atoms with E-state index in [-0.39, 0.29) is 18.3 Å². The minimum absolute atomic E-state index is 0. The molecule has 0 radical (unpaired) electrons. The van der Waals surface area contributed by atoms with Crippen molar-refractivity contribution in [3.63, 3.8) is 0 Å². The third-order valence-electron chi connectivity index (χ3n) is 3.08. The Morgan fingerprint density at radius 2 is 1.84 bits per heavy atom. The molecule has 1 aromatic carbocycles. The maximum absolute atomic E-state index is 13.3.